The minimum absolute atomic E-state index is 0.0331. The van der Waals surface area contributed by atoms with Crippen LogP contribution in [0.1, 0.15) is 107 Å². The SMILES string of the molecule is CCCCCCC1CCC(C(=O)Oc2ccc(C(=O)Oc3ncc(CCCCC)cn3)cc2)CC1. The molecule has 1 heterocycles. The van der Waals surface area contributed by atoms with Crippen molar-refractivity contribution in [3.8, 4) is 11.8 Å². The number of unbranched alkanes of at least 4 members (excludes halogenated alkanes) is 5. The Morgan fingerprint density at radius 2 is 1.49 bits per heavy atom. The quantitative estimate of drug-likeness (QED) is 0.173. The fourth-order valence-electron chi connectivity index (χ4n) is 4.65. The fraction of sp³-hybridized carbons (Fsp3) is 0.586. The highest BCUT2D eigenvalue weighted by Crippen LogP contribution is 2.33. The maximum absolute atomic E-state index is 12.6. The molecule has 1 saturated carbocycles. The van der Waals surface area contributed by atoms with Crippen molar-refractivity contribution in [1.29, 1.82) is 0 Å². The zero-order valence-corrected chi connectivity index (χ0v) is 21.3. The Morgan fingerprint density at radius 1 is 0.829 bits per heavy atom. The first-order chi connectivity index (χ1) is 17.1. The zero-order chi connectivity index (χ0) is 24.9. The van der Waals surface area contributed by atoms with Gasteiger partial charge in [0.1, 0.15) is 5.75 Å². The molecular formula is C29H40N2O4. The summed E-state index contributed by atoms with van der Waals surface area (Å²) in [6.45, 7) is 4.40. The molecule has 0 N–H and O–H groups in total. The molecule has 0 atom stereocenters. The average Bonchev–Trinajstić information content (AvgIpc) is 2.88. The second kappa shape index (κ2) is 14.6. The van der Waals surface area contributed by atoms with Gasteiger partial charge in [-0.05, 0) is 74.3 Å². The minimum atomic E-state index is -0.543. The molecule has 190 valence electrons. The minimum Gasteiger partial charge on any atom is -0.426 e. The summed E-state index contributed by atoms with van der Waals surface area (Å²) in [5.41, 5.74) is 1.38. The van der Waals surface area contributed by atoms with Gasteiger partial charge in [0.05, 0.1) is 11.5 Å². The highest BCUT2D eigenvalue weighted by molar-refractivity contribution is 5.90. The lowest BCUT2D eigenvalue weighted by Gasteiger charge is -2.27. The summed E-state index contributed by atoms with van der Waals surface area (Å²) in [6, 6.07) is 6.48. The third-order valence-electron chi connectivity index (χ3n) is 6.89. The van der Waals surface area contributed by atoms with E-state index in [-0.39, 0.29) is 17.9 Å². The first-order valence-corrected chi connectivity index (χ1v) is 13.4. The van der Waals surface area contributed by atoms with E-state index in [1.165, 1.54) is 38.5 Å². The van der Waals surface area contributed by atoms with E-state index in [9.17, 15) is 9.59 Å². The number of ether oxygens (including phenoxy) is 2. The molecule has 3 rings (SSSR count). The maximum atomic E-state index is 12.6. The number of carbonyl (C=O) groups is 2. The topological polar surface area (TPSA) is 78.4 Å². The number of aryl methyl sites for hydroxylation is 1. The fourth-order valence-corrected chi connectivity index (χ4v) is 4.65. The number of nitrogens with zero attached hydrogens (tertiary/aromatic N) is 2. The van der Waals surface area contributed by atoms with Crippen molar-refractivity contribution in [3.05, 3.63) is 47.8 Å². The lowest BCUT2D eigenvalue weighted by Crippen LogP contribution is -2.25. The molecule has 0 unspecified atom stereocenters. The van der Waals surface area contributed by atoms with Gasteiger partial charge in [0.15, 0.2) is 0 Å². The molecule has 1 aliphatic carbocycles. The van der Waals surface area contributed by atoms with Crippen molar-refractivity contribution in [3.63, 3.8) is 0 Å². The molecule has 0 amide bonds. The number of esters is 2. The summed E-state index contributed by atoms with van der Waals surface area (Å²) in [4.78, 5) is 33.3. The number of carbonyl (C=O) groups excluding carboxylic acids is 2. The van der Waals surface area contributed by atoms with Crippen LogP contribution in [0.25, 0.3) is 0 Å². The number of hydrogen-bond donors (Lipinski definition) is 0. The number of hydrogen-bond acceptors (Lipinski definition) is 6. The van der Waals surface area contributed by atoms with Gasteiger partial charge in [0.25, 0.3) is 0 Å². The van der Waals surface area contributed by atoms with E-state index >= 15 is 0 Å². The summed E-state index contributed by atoms with van der Waals surface area (Å²) in [5.74, 6) is 0.452. The van der Waals surface area contributed by atoms with Gasteiger partial charge in [0, 0.05) is 12.4 Å². The molecule has 35 heavy (non-hydrogen) atoms. The van der Waals surface area contributed by atoms with Gasteiger partial charge in [-0.2, -0.15) is 0 Å². The lowest BCUT2D eigenvalue weighted by molar-refractivity contribution is -0.140. The second-order valence-electron chi connectivity index (χ2n) is 9.73. The molecule has 0 bridgehead atoms. The summed E-state index contributed by atoms with van der Waals surface area (Å²) >= 11 is 0. The maximum Gasteiger partial charge on any atom is 0.345 e. The van der Waals surface area contributed by atoms with Crippen LogP contribution in [0, 0.1) is 11.8 Å². The predicted octanol–water partition coefficient (Wildman–Crippen LogP) is 7.11. The number of benzene rings is 1. The van der Waals surface area contributed by atoms with Gasteiger partial charge >= 0.3 is 17.9 Å². The lowest BCUT2D eigenvalue weighted by atomic mass is 9.80. The van der Waals surface area contributed by atoms with Crippen molar-refractivity contribution in [2.75, 3.05) is 0 Å². The van der Waals surface area contributed by atoms with Crippen molar-refractivity contribution in [2.45, 2.75) is 97.3 Å². The van der Waals surface area contributed by atoms with Crippen LogP contribution in [-0.4, -0.2) is 21.9 Å². The van der Waals surface area contributed by atoms with Crippen molar-refractivity contribution < 1.29 is 19.1 Å². The van der Waals surface area contributed by atoms with E-state index < -0.39 is 5.97 Å². The van der Waals surface area contributed by atoms with Gasteiger partial charge in [-0.15, -0.1) is 0 Å². The molecule has 0 spiro atoms. The predicted molar refractivity (Wildman–Crippen MR) is 137 cm³/mol. The van der Waals surface area contributed by atoms with Crippen LogP contribution >= 0.6 is 0 Å². The molecule has 1 aliphatic rings. The third-order valence-corrected chi connectivity index (χ3v) is 6.89. The Labute approximate surface area is 209 Å². The second-order valence-corrected chi connectivity index (χ2v) is 9.73. The first kappa shape index (κ1) is 26.8. The first-order valence-electron chi connectivity index (χ1n) is 13.4. The van der Waals surface area contributed by atoms with Crippen LogP contribution < -0.4 is 9.47 Å². The normalized spacial score (nSPS) is 17.7. The zero-order valence-electron chi connectivity index (χ0n) is 21.3. The summed E-state index contributed by atoms with van der Waals surface area (Å²) < 4.78 is 10.9. The Hall–Kier alpha value is -2.76. The van der Waals surface area contributed by atoms with E-state index in [1.54, 1.807) is 36.7 Å². The summed E-state index contributed by atoms with van der Waals surface area (Å²) in [7, 11) is 0. The smallest absolute Gasteiger partial charge is 0.345 e. The van der Waals surface area contributed by atoms with Gasteiger partial charge in [-0.25, -0.2) is 14.8 Å². The standard InChI is InChI=1S/C29H40N2O4/c1-3-5-7-9-10-22-12-14-24(15-13-22)27(32)34-26-18-16-25(17-19-26)28(33)35-29-30-20-23(21-31-29)11-8-6-4-2/h16-22,24H,3-15H2,1-2H3. The molecule has 0 radical (unpaired) electrons. The molecule has 6 nitrogen and oxygen atoms in total. The third kappa shape index (κ3) is 9.08. The van der Waals surface area contributed by atoms with Crippen LogP contribution in [0.5, 0.6) is 11.8 Å². The Kier molecular flexibility index (Phi) is 11.2. The Balaban J connectivity index is 1.41. The molecule has 6 heteroatoms. The molecule has 0 aliphatic heterocycles. The molecule has 2 aromatic rings. The van der Waals surface area contributed by atoms with E-state index in [2.05, 4.69) is 23.8 Å². The highest BCUT2D eigenvalue weighted by Gasteiger charge is 2.27. The Bertz CT molecular complexity index is 903. The van der Waals surface area contributed by atoms with Crippen molar-refractivity contribution in [2.24, 2.45) is 11.8 Å². The van der Waals surface area contributed by atoms with Crippen LogP contribution in [0.4, 0.5) is 0 Å². The van der Waals surface area contributed by atoms with Gasteiger partial charge < -0.3 is 9.47 Å². The highest BCUT2D eigenvalue weighted by atomic mass is 16.5. The van der Waals surface area contributed by atoms with Crippen LogP contribution in [-0.2, 0) is 11.2 Å². The van der Waals surface area contributed by atoms with Gasteiger partial charge in [-0.1, -0.05) is 58.8 Å². The van der Waals surface area contributed by atoms with E-state index in [4.69, 9.17) is 9.47 Å². The molecular weight excluding hydrogens is 440 g/mol. The summed E-state index contributed by atoms with van der Waals surface area (Å²) in [5, 5.41) is 0. The van der Waals surface area contributed by atoms with Crippen molar-refractivity contribution >= 4 is 11.9 Å². The average molecular weight is 481 g/mol. The van der Waals surface area contributed by atoms with E-state index in [0.29, 0.717) is 11.3 Å². The monoisotopic (exact) mass is 480 g/mol. The van der Waals surface area contributed by atoms with E-state index in [1.807, 2.05) is 0 Å². The van der Waals surface area contributed by atoms with Crippen LogP contribution in [0.2, 0.25) is 0 Å². The van der Waals surface area contributed by atoms with Crippen molar-refractivity contribution in [1.82, 2.24) is 9.97 Å². The number of rotatable bonds is 13. The van der Waals surface area contributed by atoms with Crippen LogP contribution in [0.15, 0.2) is 36.7 Å². The van der Waals surface area contributed by atoms with E-state index in [0.717, 1.165) is 56.4 Å². The van der Waals surface area contributed by atoms with Crippen LogP contribution in [0.3, 0.4) is 0 Å². The largest absolute Gasteiger partial charge is 0.426 e. The Morgan fingerprint density at radius 3 is 2.14 bits per heavy atom. The number of aromatic nitrogens is 2. The van der Waals surface area contributed by atoms with Gasteiger partial charge in [-0.3, -0.25) is 4.79 Å². The molecule has 1 aromatic carbocycles. The molecule has 0 saturated heterocycles. The summed E-state index contributed by atoms with van der Waals surface area (Å²) in [6.07, 6.45) is 18.3. The molecule has 1 fully saturated rings. The molecule has 1 aromatic heterocycles. The van der Waals surface area contributed by atoms with Gasteiger partial charge in [0.2, 0.25) is 0 Å².